The second kappa shape index (κ2) is 12.0. The van der Waals surface area contributed by atoms with Crippen LogP contribution < -0.4 is 10.1 Å². The fourth-order valence-electron chi connectivity index (χ4n) is 4.79. The van der Waals surface area contributed by atoms with Gasteiger partial charge in [-0.25, -0.2) is 4.39 Å². The third-order valence-electron chi connectivity index (χ3n) is 6.87. The fraction of sp³-hybridized carbons (Fsp3) is 0.367. The lowest BCUT2D eigenvalue weighted by Crippen LogP contribution is -2.47. The number of hydrogen-bond donors (Lipinski definition) is 1. The van der Waals surface area contributed by atoms with Gasteiger partial charge in [0.15, 0.2) is 0 Å². The number of benzene rings is 2. The molecule has 1 aliphatic heterocycles. The topological polar surface area (TPSA) is 71.5 Å². The Labute approximate surface area is 217 Å². The van der Waals surface area contributed by atoms with Gasteiger partial charge in [0.05, 0.1) is 25.4 Å². The molecule has 1 aliphatic rings. The van der Waals surface area contributed by atoms with Gasteiger partial charge in [-0.05, 0) is 34.7 Å². The minimum Gasteiger partial charge on any atom is -0.495 e. The van der Waals surface area contributed by atoms with Crippen molar-refractivity contribution >= 4 is 11.8 Å². The minimum atomic E-state index is -1.25. The molecule has 6 nitrogen and oxygen atoms in total. The molecule has 2 aromatic carbocycles. The van der Waals surface area contributed by atoms with Gasteiger partial charge in [-0.2, -0.15) is 0 Å². The molecule has 0 aliphatic carbocycles. The summed E-state index contributed by atoms with van der Waals surface area (Å²) in [4.78, 5) is 32.3. The number of amides is 2. The molecule has 0 unspecified atom stereocenters. The number of carbonyl (C=O) groups excluding carboxylic acids is 2. The summed E-state index contributed by atoms with van der Waals surface area (Å²) < 4.78 is 19.8. The molecule has 0 radical (unpaired) electrons. The van der Waals surface area contributed by atoms with Crippen LogP contribution in [0.3, 0.4) is 0 Å². The van der Waals surface area contributed by atoms with E-state index in [9.17, 15) is 14.0 Å². The number of nitrogens with zero attached hydrogens (tertiary/aromatic N) is 2. The van der Waals surface area contributed by atoms with Crippen molar-refractivity contribution in [3.05, 3.63) is 95.3 Å². The number of alkyl halides is 1. The average Bonchev–Trinajstić information content (AvgIpc) is 3.32. The summed E-state index contributed by atoms with van der Waals surface area (Å²) in [6, 6.07) is 20.1. The Morgan fingerprint density at radius 1 is 1.03 bits per heavy atom. The first-order chi connectivity index (χ1) is 17.9. The van der Waals surface area contributed by atoms with Gasteiger partial charge >= 0.3 is 0 Å². The summed E-state index contributed by atoms with van der Waals surface area (Å²) in [5.74, 6) is 0.365. The van der Waals surface area contributed by atoms with E-state index in [4.69, 9.17) is 4.74 Å². The zero-order chi connectivity index (χ0) is 26.4. The molecular formula is C30H34FN3O3. The number of methoxy groups -OCH3 is 1. The van der Waals surface area contributed by atoms with Crippen molar-refractivity contribution in [2.45, 2.75) is 57.3 Å². The molecule has 0 spiro atoms. The van der Waals surface area contributed by atoms with Crippen LogP contribution in [0.25, 0.3) is 0 Å². The van der Waals surface area contributed by atoms with Crippen molar-refractivity contribution < 1.29 is 18.7 Å². The first kappa shape index (κ1) is 26.3. The summed E-state index contributed by atoms with van der Waals surface area (Å²) in [6.45, 7) is 4.18. The average molecular weight is 504 g/mol. The number of likely N-dealkylation sites (tertiary alicyclic amines) is 1. The molecule has 1 fully saturated rings. The quantitative estimate of drug-likeness (QED) is 0.447. The lowest BCUT2D eigenvalue weighted by atomic mass is 9.95. The highest BCUT2D eigenvalue weighted by Crippen LogP contribution is 2.27. The summed E-state index contributed by atoms with van der Waals surface area (Å²) in [5.41, 5.74) is 3.71. The van der Waals surface area contributed by atoms with Gasteiger partial charge in [0.2, 0.25) is 11.8 Å². The van der Waals surface area contributed by atoms with Gasteiger partial charge in [0.25, 0.3) is 0 Å². The Balaban J connectivity index is 1.51. The lowest BCUT2D eigenvalue weighted by molar-refractivity contribution is -0.138. The van der Waals surface area contributed by atoms with Gasteiger partial charge in [0.1, 0.15) is 18.0 Å². The van der Waals surface area contributed by atoms with E-state index in [0.29, 0.717) is 23.8 Å². The molecule has 194 valence electrons. The lowest BCUT2D eigenvalue weighted by Gasteiger charge is -2.27. The molecule has 7 heteroatoms. The predicted molar refractivity (Wildman–Crippen MR) is 141 cm³/mol. The molecule has 2 heterocycles. The number of pyridine rings is 1. The number of hydrogen-bond acceptors (Lipinski definition) is 4. The first-order valence-electron chi connectivity index (χ1n) is 12.7. The van der Waals surface area contributed by atoms with Crippen LogP contribution in [0.15, 0.2) is 72.9 Å². The standard InChI is InChI=1S/C30H34FN3O3/c1-20(2)21-11-13-23(14-12-21)29(22-8-5-4-6-9-22)33-30(36)26-18-24(31)19-34(26)28(35)16-15-25-27(37-3)10-7-17-32-25/h4-14,17,20,24,26,29H,15-16,18-19H2,1-3H3,(H,33,36)/t24-,26+,29+/m1/s1. The van der Waals surface area contributed by atoms with Crippen LogP contribution in [0.5, 0.6) is 5.75 Å². The van der Waals surface area contributed by atoms with Crippen LogP contribution in [0.2, 0.25) is 0 Å². The molecule has 1 aromatic heterocycles. The number of rotatable bonds is 9. The number of carbonyl (C=O) groups is 2. The third-order valence-corrected chi connectivity index (χ3v) is 6.87. The highest BCUT2D eigenvalue weighted by Gasteiger charge is 2.40. The Morgan fingerprint density at radius 2 is 1.70 bits per heavy atom. The van der Waals surface area contributed by atoms with Crippen LogP contribution >= 0.6 is 0 Å². The van der Waals surface area contributed by atoms with Crippen molar-refractivity contribution in [1.29, 1.82) is 0 Å². The monoisotopic (exact) mass is 503 g/mol. The molecular weight excluding hydrogens is 469 g/mol. The molecule has 0 bridgehead atoms. The minimum absolute atomic E-state index is 0.0156. The van der Waals surface area contributed by atoms with Crippen LogP contribution in [-0.2, 0) is 16.0 Å². The van der Waals surface area contributed by atoms with Crippen LogP contribution in [0.4, 0.5) is 4.39 Å². The molecule has 3 atom stereocenters. The Morgan fingerprint density at radius 3 is 2.38 bits per heavy atom. The second-order valence-electron chi connectivity index (χ2n) is 9.72. The summed E-state index contributed by atoms with van der Waals surface area (Å²) in [6.07, 6.45) is 0.841. The van der Waals surface area contributed by atoms with Crippen molar-refractivity contribution in [3.63, 3.8) is 0 Å². The van der Waals surface area contributed by atoms with Crippen LogP contribution in [0.1, 0.15) is 61.0 Å². The van der Waals surface area contributed by atoms with E-state index < -0.39 is 18.3 Å². The highest BCUT2D eigenvalue weighted by molar-refractivity contribution is 5.89. The van der Waals surface area contributed by atoms with Crippen molar-refractivity contribution in [2.24, 2.45) is 0 Å². The summed E-state index contributed by atoms with van der Waals surface area (Å²) in [7, 11) is 1.55. The smallest absolute Gasteiger partial charge is 0.243 e. The Kier molecular flexibility index (Phi) is 8.54. The molecule has 37 heavy (non-hydrogen) atoms. The summed E-state index contributed by atoms with van der Waals surface area (Å²) >= 11 is 0. The van der Waals surface area contributed by atoms with Gasteiger partial charge < -0.3 is 15.0 Å². The molecule has 1 N–H and O–H groups in total. The Hall–Kier alpha value is -3.74. The van der Waals surface area contributed by atoms with Crippen molar-refractivity contribution in [3.8, 4) is 5.75 Å². The summed E-state index contributed by atoms with van der Waals surface area (Å²) in [5, 5.41) is 3.11. The Bertz CT molecular complexity index is 1200. The maximum Gasteiger partial charge on any atom is 0.243 e. The van der Waals surface area contributed by atoms with Crippen molar-refractivity contribution in [2.75, 3.05) is 13.7 Å². The zero-order valence-corrected chi connectivity index (χ0v) is 21.6. The number of ether oxygens (including phenoxy) is 1. The fourth-order valence-corrected chi connectivity index (χ4v) is 4.79. The zero-order valence-electron chi connectivity index (χ0n) is 21.6. The highest BCUT2D eigenvalue weighted by atomic mass is 19.1. The largest absolute Gasteiger partial charge is 0.495 e. The van der Waals surface area contributed by atoms with E-state index in [1.54, 1.807) is 25.4 Å². The maximum absolute atomic E-state index is 14.5. The first-order valence-corrected chi connectivity index (χ1v) is 12.7. The number of halogens is 1. The number of aromatic nitrogens is 1. The molecule has 1 saturated heterocycles. The number of nitrogens with one attached hydrogen (secondary N) is 1. The molecule has 4 rings (SSSR count). The maximum atomic E-state index is 14.5. The van der Waals surface area contributed by atoms with Crippen molar-refractivity contribution in [1.82, 2.24) is 15.2 Å². The van der Waals surface area contributed by atoms with E-state index in [-0.39, 0.29) is 31.2 Å². The van der Waals surface area contributed by atoms with Crippen LogP contribution in [-0.4, -0.2) is 47.6 Å². The van der Waals surface area contributed by atoms with Crippen LogP contribution in [0, 0.1) is 0 Å². The van der Waals surface area contributed by atoms with Gasteiger partial charge in [0, 0.05) is 25.5 Å². The van der Waals surface area contributed by atoms with Gasteiger partial charge in [-0.1, -0.05) is 68.4 Å². The molecule has 3 aromatic rings. The van der Waals surface area contributed by atoms with E-state index >= 15 is 0 Å². The van der Waals surface area contributed by atoms with Gasteiger partial charge in [-0.3, -0.25) is 14.6 Å². The molecule has 2 amide bonds. The van der Waals surface area contributed by atoms with E-state index in [1.165, 1.54) is 10.5 Å². The van der Waals surface area contributed by atoms with E-state index in [2.05, 4.69) is 36.3 Å². The third kappa shape index (κ3) is 6.34. The number of aryl methyl sites for hydroxylation is 1. The van der Waals surface area contributed by atoms with Gasteiger partial charge in [-0.15, -0.1) is 0 Å². The normalized spacial score (nSPS) is 18.0. The SMILES string of the molecule is COc1cccnc1CCC(=O)N1C[C@H](F)C[C@H]1C(=O)N[C@@H](c1ccccc1)c1ccc(C(C)C)cc1. The van der Waals surface area contributed by atoms with E-state index in [0.717, 1.165) is 11.1 Å². The molecule has 0 saturated carbocycles. The van der Waals surface area contributed by atoms with E-state index in [1.807, 2.05) is 42.5 Å². The second-order valence-corrected chi connectivity index (χ2v) is 9.72. The predicted octanol–water partition coefficient (Wildman–Crippen LogP) is 4.99.